The van der Waals surface area contributed by atoms with Crippen LogP contribution in [0.15, 0.2) is 12.2 Å². The van der Waals surface area contributed by atoms with E-state index in [4.69, 9.17) is 5.11 Å². The third-order valence-corrected chi connectivity index (χ3v) is 2.51. The summed E-state index contributed by atoms with van der Waals surface area (Å²) in [5, 5.41) is 13.6. The number of hydrogen-bond donors (Lipinski definition) is 3. The van der Waals surface area contributed by atoms with Gasteiger partial charge in [-0.1, -0.05) is 12.2 Å². The lowest BCUT2D eigenvalue weighted by Crippen LogP contribution is -2.42. The van der Waals surface area contributed by atoms with Crippen LogP contribution in [-0.4, -0.2) is 49.1 Å². The summed E-state index contributed by atoms with van der Waals surface area (Å²) < 4.78 is 39.5. The van der Waals surface area contributed by atoms with Crippen molar-refractivity contribution in [3.63, 3.8) is 0 Å². The fraction of sp³-hybridized carbons (Fsp3) is 0.636. The molecule has 0 radical (unpaired) electrons. The Labute approximate surface area is 113 Å². The summed E-state index contributed by atoms with van der Waals surface area (Å²) in [4.78, 5) is 22.0. The monoisotopic (exact) mass is 296 g/mol. The van der Waals surface area contributed by atoms with Gasteiger partial charge in [-0.2, -0.15) is 13.2 Å². The van der Waals surface area contributed by atoms with Crippen molar-refractivity contribution in [3.8, 4) is 0 Å². The van der Waals surface area contributed by atoms with Gasteiger partial charge in [-0.3, -0.25) is 4.79 Å². The van der Waals surface area contributed by atoms with Crippen molar-refractivity contribution >= 4 is 12.0 Å². The van der Waals surface area contributed by atoms with Crippen LogP contribution >= 0.6 is 0 Å². The predicted octanol–water partition coefficient (Wildman–Crippen LogP) is 0.894. The zero-order chi connectivity index (χ0) is 15.2. The topological polar surface area (TPSA) is 87.7 Å². The summed E-state index contributed by atoms with van der Waals surface area (Å²) in [5.41, 5.74) is 0. The smallest absolute Gasteiger partial charge is 0.411 e. The van der Waals surface area contributed by atoms with Gasteiger partial charge in [0.25, 0.3) is 0 Å². The van der Waals surface area contributed by atoms with E-state index in [9.17, 15) is 22.8 Å². The van der Waals surface area contributed by atoms with Crippen LogP contribution in [0.2, 0.25) is 0 Å². The molecule has 1 aliphatic rings. The maximum absolute atomic E-state index is 11.7. The molecule has 3 N–H and O–H groups in total. The fourth-order valence-corrected chi connectivity index (χ4v) is 1.63. The number of rotatable bonds is 6. The highest BCUT2D eigenvalue weighted by molar-refractivity contribution is 5.76. The Balaban J connectivity index is 2.10. The fourth-order valence-electron chi connectivity index (χ4n) is 1.63. The van der Waals surface area contributed by atoms with Crippen molar-refractivity contribution in [1.82, 2.24) is 10.6 Å². The van der Waals surface area contributed by atoms with Crippen LogP contribution in [0.1, 0.15) is 6.42 Å². The van der Waals surface area contributed by atoms with Crippen molar-refractivity contribution in [2.24, 2.45) is 5.92 Å². The van der Waals surface area contributed by atoms with Crippen LogP contribution in [0.4, 0.5) is 18.0 Å². The number of carbonyl (C=O) groups excluding carboxylic acids is 1. The molecular weight excluding hydrogens is 281 g/mol. The van der Waals surface area contributed by atoms with Gasteiger partial charge in [-0.25, -0.2) is 4.79 Å². The molecule has 0 aromatic heterocycles. The van der Waals surface area contributed by atoms with Gasteiger partial charge < -0.3 is 20.5 Å². The lowest BCUT2D eigenvalue weighted by Gasteiger charge is -2.13. The molecule has 0 heterocycles. The SMILES string of the molecule is O=C(NCCOCC(F)(F)F)NC1C=CC(C(=O)O)C1. The van der Waals surface area contributed by atoms with E-state index < -0.39 is 36.7 Å². The number of carboxylic acids is 1. The molecule has 114 valence electrons. The minimum Gasteiger partial charge on any atom is -0.481 e. The zero-order valence-corrected chi connectivity index (χ0v) is 10.4. The minimum atomic E-state index is -4.39. The van der Waals surface area contributed by atoms with E-state index in [0.29, 0.717) is 0 Å². The van der Waals surface area contributed by atoms with E-state index in [1.165, 1.54) is 6.08 Å². The van der Waals surface area contributed by atoms with E-state index in [0.717, 1.165) is 0 Å². The molecule has 6 nitrogen and oxygen atoms in total. The van der Waals surface area contributed by atoms with Crippen LogP contribution in [0, 0.1) is 5.92 Å². The maximum Gasteiger partial charge on any atom is 0.411 e. The highest BCUT2D eigenvalue weighted by atomic mass is 19.4. The number of ether oxygens (including phenoxy) is 1. The highest BCUT2D eigenvalue weighted by Gasteiger charge is 2.27. The van der Waals surface area contributed by atoms with E-state index in [2.05, 4.69) is 15.4 Å². The van der Waals surface area contributed by atoms with Crippen molar-refractivity contribution in [3.05, 3.63) is 12.2 Å². The first-order valence-corrected chi connectivity index (χ1v) is 5.88. The Morgan fingerprint density at radius 2 is 2.05 bits per heavy atom. The molecule has 0 bridgehead atoms. The largest absolute Gasteiger partial charge is 0.481 e. The molecule has 0 spiro atoms. The van der Waals surface area contributed by atoms with Crippen LogP contribution in [-0.2, 0) is 9.53 Å². The molecule has 1 rings (SSSR count). The van der Waals surface area contributed by atoms with Crippen LogP contribution in [0.3, 0.4) is 0 Å². The molecule has 0 aliphatic heterocycles. The summed E-state index contributed by atoms with van der Waals surface area (Å²) in [6, 6.07) is -0.978. The standard InChI is InChI=1S/C11H15F3N2O4/c12-11(13,14)6-20-4-3-15-10(19)16-8-2-1-7(5-8)9(17)18/h1-2,7-8H,3-6H2,(H,17,18)(H2,15,16,19). The molecule has 20 heavy (non-hydrogen) atoms. The summed E-state index contributed by atoms with van der Waals surface area (Å²) in [6.45, 7) is -1.69. The van der Waals surface area contributed by atoms with Gasteiger partial charge in [0.2, 0.25) is 0 Å². The van der Waals surface area contributed by atoms with Gasteiger partial charge >= 0.3 is 18.2 Å². The first kappa shape index (κ1) is 16.3. The van der Waals surface area contributed by atoms with Crippen molar-refractivity contribution in [2.75, 3.05) is 19.8 Å². The van der Waals surface area contributed by atoms with Crippen LogP contribution in [0.5, 0.6) is 0 Å². The second-order valence-corrected chi connectivity index (χ2v) is 4.24. The summed E-state index contributed by atoms with van der Waals surface area (Å²) in [7, 11) is 0. The van der Waals surface area contributed by atoms with Gasteiger partial charge in [0.15, 0.2) is 0 Å². The van der Waals surface area contributed by atoms with Gasteiger partial charge in [0.1, 0.15) is 6.61 Å². The van der Waals surface area contributed by atoms with Gasteiger partial charge in [-0.05, 0) is 6.42 Å². The Kier molecular flexibility index (Phi) is 5.81. The third-order valence-electron chi connectivity index (χ3n) is 2.51. The molecule has 2 amide bonds. The lowest BCUT2D eigenvalue weighted by molar-refractivity contribution is -0.173. The second kappa shape index (κ2) is 7.13. The Hall–Kier alpha value is -1.77. The number of carboxylic acid groups (broad SMARTS) is 1. The Morgan fingerprint density at radius 3 is 2.60 bits per heavy atom. The predicted molar refractivity (Wildman–Crippen MR) is 62.1 cm³/mol. The highest BCUT2D eigenvalue weighted by Crippen LogP contribution is 2.17. The number of urea groups is 1. The molecule has 0 saturated heterocycles. The van der Waals surface area contributed by atoms with Gasteiger partial charge in [0.05, 0.1) is 18.6 Å². The number of aliphatic carboxylic acids is 1. The van der Waals surface area contributed by atoms with Crippen molar-refractivity contribution < 1.29 is 32.6 Å². The molecule has 2 unspecified atom stereocenters. The van der Waals surface area contributed by atoms with Gasteiger partial charge in [0, 0.05) is 6.54 Å². The average molecular weight is 296 g/mol. The lowest BCUT2D eigenvalue weighted by atomic mass is 10.1. The summed E-state index contributed by atoms with van der Waals surface area (Å²) in [6.07, 6.45) is -1.08. The minimum absolute atomic E-state index is 0.0687. The Morgan fingerprint density at radius 1 is 1.35 bits per heavy atom. The molecule has 1 aliphatic carbocycles. The number of alkyl halides is 3. The van der Waals surface area contributed by atoms with Crippen molar-refractivity contribution in [2.45, 2.75) is 18.6 Å². The first-order valence-electron chi connectivity index (χ1n) is 5.88. The number of halogens is 3. The third kappa shape index (κ3) is 6.41. The molecule has 9 heteroatoms. The van der Waals surface area contributed by atoms with E-state index in [1.807, 2.05) is 0 Å². The Bertz CT molecular complexity index is 384. The summed E-state index contributed by atoms with van der Waals surface area (Å²) in [5.74, 6) is -1.60. The normalized spacial score (nSPS) is 21.8. The van der Waals surface area contributed by atoms with Crippen molar-refractivity contribution in [1.29, 1.82) is 0 Å². The number of amides is 2. The quantitative estimate of drug-likeness (QED) is 0.502. The number of hydrogen-bond acceptors (Lipinski definition) is 3. The first-order chi connectivity index (χ1) is 9.28. The summed E-state index contributed by atoms with van der Waals surface area (Å²) >= 11 is 0. The van der Waals surface area contributed by atoms with E-state index in [-0.39, 0.29) is 19.6 Å². The van der Waals surface area contributed by atoms with E-state index >= 15 is 0 Å². The molecule has 2 atom stereocenters. The number of carbonyl (C=O) groups is 2. The second-order valence-electron chi connectivity index (χ2n) is 4.24. The van der Waals surface area contributed by atoms with Crippen LogP contribution in [0.25, 0.3) is 0 Å². The van der Waals surface area contributed by atoms with E-state index in [1.54, 1.807) is 6.08 Å². The molecule has 0 aromatic carbocycles. The number of nitrogens with one attached hydrogen (secondary N) is 2. The molecule has 0 saturated carbocycles. The zero-order valence-electron chi connectivity index (χ0n) is 10.4. The average Bonchev–Trinajstić information content (AvgIpc) is 2.75. The molecular formula is C11H15F3N2O4. The van der Waals surface area contributed by atoms with Crippen LogP contribution < -0.4 is 10.6 Å². The molecule has 0 aromatic rings. The molecule has 0 fully saturated rings. The van der Waals surface area contributed by atoms with Gasteiger partial charge in [-0.15, -0.1) is 0 Å². The maximum atomic E-state index is 11.7.